The number of ether oxygens (including phenoxy) is 1. The van der Waals surface area contributed by atoms with Crippen molar-refractivity contribution in [3.8, 4) is 5.75 Å². The Morgan fingerprint density at radius 2 is 2.03 bits per heavy atom. The molecule has 1 aromatic carbocycles. The summed E-state index contributed by atoms with van der Waals surface area (Å²) in [6, 6.07) is 8.29. The highest BCUT2D eigenvalue weighted by atomic mass is 16.5. The molecule has 1 aromatic heterocycles. The molecule has 0 amide bonds. The lowest BCUT2D eigenvalue weighted by Gasteiger charge is -2.57. The van der Waals surface area contributed by atoms with Crippen molar-refractivity contribution >= 4 is 6.08 Å². The SMILES string of the molecule is C[C@]12CCC(O)CC1=CC[C@@H]1[C@H]2CC[C@]2(C)C(O)C(=Cc3cccc(OCCCn4ccnc4)c3)C[C@@H]12. The van der Waals surface area contributed by atoms with Gasteiger partial charge in [0.15, 0.2) is 0 Å². The van der Waals surface area contributed by atoms with Crippen molar-refractivity contribution in [3.05, 3.63) is 65.8 Å². The summed E-state index contributed by atoms with van der Waals surface area (Å²) in [5.41, 5.74) is 3.98. The molecule has 4 aliphatic carbocycles. The Morgan fingerprint density at radius 1 is 1.14 bits per heavy atom. The van der Waals surface area contributed by atoms with Crippen molar-refractivity contribution in [3.63, 3.8) is 0 Å². The highest BCUT2D eigenvalue weighted by Gasteiger charge is 2.59. The van der Waals surface area contributed by atoms with Crippen molar-refractivity contribution in [1.29, 1.82) is 0 Å². The van der Waals surface area contributed by atoms with Crippen molar-refractivity contribution in [2.24, 2.45) is 28.6 Å². The number of hydrogen-bond donors (Lipinski definition) is 2. The van der Waals surface area contributed by atoms with Crippen LogP contribution >= 0.6 is 0 Å². The van der Waals surface area contributed by atoms with E-state index >= 15 is 0 Å². The molecule has 7 atom stereocenters. The Labute approximate surface area is 221 Å². The van der Waals surface area contributed by atoms with Crippen LogP contribution in [0.1, 0.15) is 70.8 Å². The number of aliphatic hydroxyl groups is 2. The molecule has 5 heteroatoms. The summed E-state index contributed by atoms with van der Waals surface area (Å²) in [4.78, 5) is 4.09. The molecule has 1 heterocycles. The number of benzene rings is 1. The topological polar surface area (TPSA) is 67.5 Å². The van der Waals surface area contributed by atoms with Gasteiger partial charge < -0.3 is 19.5 Å². The van der Waals surface area contributed by atoms with Gasteiger partial charge in [-0.05, 0) is 97.8 Å². The van der Waals surface area contributed by atoms with Crippen LogP contribution in [-0.2, 0) is 6.54 Å². The molecule has 3 fully saturated rings. The van der Waals surface area contributed by atoms with E-state index in [4.69, 9.17) is 4.74 Å². The van der Waals surface area contributed by atoms with Gasteiger partial charge in [-0.2, -0.15) is 0 Å². The van der Waals surface area contributed by atoms with E-state index in [2.05, 4.69) is 53.7 Å². The van der Waals surface area contributed by atoms with Gasteiger partial charge in [0.2, 0.25) is 0 Å². The molecule has 0 spiro atoms. The number of imidazole rings is 1. The van der Waals surface area contributed by atoms with Gasteiger partial charge in [-0.25, -0.2) is 4.98 Å². The first-order chi connectivity index (χ1) is 17.9. The van der Waals surface area contributed by atoms with Crippen LogP contribution in [0.25, 0.3) is 6.08 Å². The van der Waals surface area contributed by atoms with E-state index in [-0.39, 0.29) is 23.0 Å². The molecule has 3 saturated carbocycles. The maximum atomic E-state index is 11.6. The zero-order valence-electron chi connectivity index (χ0n) is 22.4. The molecule has 2 aromatic rings. The third-order valence-corrected chi connectivity index (χ3v) is 10.5. The van der Waals surface area contributed by atoms with E-state index in [9.17, 15) is 10.2 Å². The van der Waals surface area contributed by atoms with Gasteiger partial charge in [0.1, 0.15) is 5.75 Å². The standard InChI is InChI=1S/C32H42N2O3/c1-31-11-9-25(35)20-24(31)7-8-27-28(31)10-12-32(2)29(27)19-23(30(32)36)17-22-5-3-6-26(18-22)37-16-4-14-34-15-13-33-21-34/h3,5-7,13,15,17-18,21,25,27-30,35-36H,4,8-12,14,16,19-20H2,1-2H3/t25?,27-,28-,29+,30?,31+,32+/m1/s1. The Hall–Kier alpha value is -2.37. The van der Waals surface area contributed by atoms with E-state index in [0.717, 1.165) is 62.8 Å². The number of nitrogens with zero attached hydrogens (tertiary/aromatic N) is 2. The van der Waals surface area contributed by atoms with Crippen molar-refractivity contribution < 1.29 is 14.9 Å². The molecule has 2 N–H and O–H groups in total. The fraction of sp³-hybridized carbons (Fsp3) is 0.594. The summed E-state index contributed by atoms with van der Waals surface area (Å²) < 4.78 is 8.11. The van der Waals surface area contributed by atoms with Crippen LogP contribution in [0.15, 0.2) is 60.2 Å². The Balaban J connectivity index is 1.16. The molecule has 198 valence electrons. The lowest BCUT2D eigenvalue weighted by Crippen LogP contribution is -2.51. The summed E-state index contributed by atoms with van der Waals surface area (Å²) in [5.74, 6) is 2.68. The molecule has 6 rings (SSSR count). The Morgan fingerprint density at radius 3 is 2.86 bits per heavy atom. The third kappa shape index (κ3) is 4.48. The lowest BCUT2D eigenvalue weighted by atomic mass is 9.48. The van der Waals surface area contributed by atoms with Crippen molar-refractivity contribution in [1.82, 2.24) is 9.55 Å². The van der Waals surface area contributed by atoms with E-state index in [1.54, 1.807) is 6.20 Å². The number of aromatic nitrogens is 2. The Bertz CT molecular complexity index is 1170. The van der Waals surface area contributed by atoms with E-state index in [1.165, 1.54) is 17.6 Å². The van der Waals surface area contributed by atoms with E-state index in [0.29, 0.717) is 24.4 Å². The molecular formula is C32H42N2O3. The van der Waals surface area contributed by atoms with Gasteiger partial charge in [-0.15, -0.1) is 0 Å². The summed E-state index contributed by atoms with van der Waals surface area (Å²) in [6.45, 7) is 6.36. The summed E-state index contributed by atoms with van der Waals surface area (Å²) in [6.07, 6.45) is 17.9. The van der Waals surface area contributed by atoms with Crippen LogP contribution in [0.4, 0.5) is 0 Å². The first-order valence-electron chi connectivity index (χ1n) is 14.3. The van der Waals surface area contributed by atoms with Crippen LogP contribution < -0.4 is 4.74 Å². The second-order valence-electron chi connectivity index (χ2n) is 12.6. The molecule has 0 aliphatic heterocycles. The Kier molecular flexibility index (Phi) is 6.57. The predicted octanol–water partition coefficient (Wildman–Crippen LogP) is 6.03. The van der Waals surface area contributed by atoms with Crippen LogP contribution in [0.3, 0.4) is 0 Å². The van der Waals surface area contributed by atoms with Crippen molar-refractivity contribution in [2.75, 3.05) is 6.61 Å². The van der Waals surface area contributed by atoms with Gasteiger partial charge in [0, 0.05) is 24.4 Å². The zero-order chi connectivity index (χ0) is 25.6. The monoisotopic (exact) mass is 502 g/mol. The summed E-state index contributed by atoms with van der Waals surface area (Å²) in [5, 5.41) is 21.9. The fourth-order valence-corrected chi connectivity index (χ4v) is 8.40. The fourth-order valence-electron chi connectivity index (χ4n) is 8.40. The first kappa shape index (κ1) is 24.9. The van der Waals surface area contributed by atoms with Gasteiger partial charge in [0.25, 0.3) is 0 Å². The molecule has 2 unspecified atom stereocenters. The minimum absolute atomic E-state index is 0.0513. The predicted molar refractivity (Wildman–Crippen MR) is 146 cm³/mol. The number of hydrogen-bond acceptors (Lipinski definition) is 4. The highest BCUT2D eigenvalue weighted by molar-refractivity contribution is 5.57. The van der Waals surface area contributed by atoms with E-state index < -0.39 is 0 Å². The maximum absolute atomic E-state index is 11.6. The minimum Gasteiger partial charge on any atom is -0.494 e. The minimum atomic E-state index is -0.385. The van der Waals surface area contributed by atoms with Crippen LogP contribution in [0.5, 0.6) is 5.75 Å². The molecule has 0 saturated heterocycles. The molecule has 0 radical (unpaired) electrons. The average Bonchev–Trinajstić information content (AvgIpc) is 3.49. The van der Waals surface area contributed by atoms with Gasteiger partial charge in [-0.1, -0.05) is 43.7 Å². The van der Waals surface area contributed by atoms with E-state index in [1.807, 2.05) is 18.6 Å². The number of fused-ring (bicyclic) bond motifs is 5. The molecular weight excluding hydrogens is 460 g/mol. The highest BCUT2D eigenvalue weighted by Crippen LogP contribution is 2.65. The summed E-state index contributed by atoms with van der Waals surface area (Å²) in [7, 11) is 0. The number of aryl methyl sites for hydroxylation is 1. The van der Waals surface area contributed by atoms with Gasteiger partial charge in [-0.3, -0.25) is 0 Å². The largest absolute Gasteiger partial charge is 0.494 e. The second-order valence-corrected chi connectivity index (χ2v) is 12.6. The van der Waals surface area contributed by atoms with Gasteiger partial charge >= 0.3 is 0 Å². The second kappa shape index (κ2) is 9.74. The summed E-state index contributed by atoms with van der Waals surface area (Å²) >= 11 is 0. The molecule has 0 bridgehead atoms. The number of rotatable bonds is 6. The zero-order valence-corrected chi connectivity index (χ0v) is 22.4. The third-order valence-electron chi connectivity index (χ3n) is 10.5. The number of allylic oxidation sites excluding steroid dienone is 1. The first-order valence-corrected chi connectivity index (χ1v) is 14.3. The van der Waals surface area contributed by atoms with Gasteiger partial charge in [0.05, 0.1) is 25.1 Å². The normalized spacial score (nSPS) is 38.0. The van der Waals surface area contributed by atoms with Crippen LogP contribution in [0, 0.1) is 28.6 Å². The smallest absolute Gasteiger partial charge is 0.119 e. The van der Waals surface area contributed by atoms with Crippen molar-refractivity contribution in [2.45, 2.75) is 84.0 Å². The van der Waals surface area contributed by atoms with Crippen LogP contribution in [-0.4, -0.2) is 38.6 Å². The quantitative estimate of drug-likeness (QED) is 0.374. The maximum Gasteiger partial charge on any atom is 0.119 e. The molecule has 37 heavy (non-hydrogen) atoms. The average molecular weight is 503 g/mol. The number of aliphatic hydroxyl groups excluding tert-OH is 2. The molecule has 4 aliphatic rings. The molecule has 5 nitrogen and oxygen atoms in total. The lowest BCUT2D eigenvalue weighted by molar-refractivity contribution is -0.0685. The van der Waals surface area contributed by atoms with Crippen LogP contribution in [0.2, 0.25) is 0 Å².